The quantitative estimate of drug-likeness (QED) is 0.460. The lowest BCUT2D eigenvalue weighted by molar-refractivity contribution is 0.102. The second kappa shape index (κ2) is 10.9. The number of benzene rings is 1. The summed E-state index contributed by atoms with van der Waals surface area (Å²) in [6.45, 7) is 12.6. The van der Waals surface area contributed by atoms with Crippen LogP contribution >= 0.6 is 0 Å². The number of aromatic nitrogens is 4. The largest absolute Gasteiger partial charge is 0.501 e. The Hall–Kier alpha value is -3.48. The number of carbonyl (C=O) groups excluding carboxylic acids is 1. The van der Waals surface area contributed by atoms with Crippen molar-refractivity contribution in [3.8, 4) is 0 Å². The number of hydrogen-bond acceptors (Lipinski definition) is 5. The van der Waals surface area contributed by atoms with Crippen molar-refractivity contribution in [2.45, 2.75) is 40.7 Å². The fourth-order valence-electron chi connectivity index (χ4n) is 2.65. The molecule has 0 saturated heterocycles. The molecule has 1 aromatic carbocycles. The van der Waals surface area contributed by atoms with E-state index in [1.165, 1.54) is 6.42 Å². The zero-order valence-electron chi connectivity index (χ0n) is 18.3. The molecule has 30 heavy (non-hydrogen) atoms. The number of anilines is 1. The summed E-state index contributed by atoms with van der Waals surface area (Å²) >= 11 is 0. The molecule has 0 aliphatic heterocycles. The zero-order chi connectivity index (χ0) is 22.1. The zero-order valence-corrected chi connectivity index (χ0v) is 18.3. The molecule has 0 radical (unpaired) electrons. The molecule has 3 rings (SSSR count). The monoisotopic (exact) mass is 407 g/mol. The molecule has 3 aromatic rings. The minimum Gasteiger partial charge on any atom is -0.501 e. The highest BCUT2D eigenvalue weighted by molar-refractivity contribution is 6.05. The lowest BCUT2D eigenvalue weighted by Crippen LogP contribution is -2.11. The molecule has 0 aliphatic rings. The predicted molar refractivity (Wildman–Crippen MR) is 120 cm³/mol. The van der Waals surface area contributed by atoms with Crippen LogP contribution in [-0.2, 0) is 11.3 Å². The summed E-state index contributed by atoms with van der Waals surface area (Å²) in [6, 6.07) is 5.21. The molecule has 7 heteroatoms. The number of carbonyl (C=O) groups is 1. The first-order valence-corrected chi connectivity index (χ1v) is 9.83. The fraction of sp³-hybridized carbons (Fsp3) is 0.304. The van der Waals surface area contributed by atoms with E-state index in [9.17, 15) is 4.79 Å². The van der Waals surface area contributed by atoms with Crippen LogP contribution in [0, 0.1) is 0 Å². The van der Waals surface area contributed by atoms with E-state index in [-0.39, 0.29) is 5.91 Å². The predicted octanol–water partition coefficient (Wildman–Crippen LogP) is 4.99. The molecule has 0 unspecified atom stereocenters. The second-order valence-corrected chi connectivity index (χ2v) is 6.87. The Morgan fingerprint density at radius 3 is 2.47 bits per heavy atom. The fourth-order valence-corrected chi connectivity index (χ4v) is 2.65. The van der Waals surface area contributed by atoms with Gasteiger partial charge in [0.1, 0.15) is 0 Å². The van der Waals surface area contributed by atoms with E-state index in [0.717, 1.165) is 22.4 Å². The van der Waals surface area contributed by atoms with Crippen LogP contribution in [0.3, 0.4) is 0 Å². The van der Waals surface area contributed by atoms with Gasteiger partial charge in [-0.1, -0.05) is 26.8 Å². The summed E-state index contributed by atoms with van der Waals surface area (Å²) in [6.07, 6.45) is 7.85. The Morgan fingerprint density at radius 2 is 1.83 bits per heavy atom. The average molecular weight is 408 g/mol. The molecule has 0 bridgehead atoms. The van der Waals surface area contributed by atoms with Crippen LogP contribution in [0.4, 0.5) is 5.69 Å². The smallest absolute Gasteiger partial charge is 0.255 e. The number of methoxy groups -OCH3 is 1. The van der Waals surface area contributed by atoms with E-state index in [1.807, 2.05) is 13.8 Å². The minimum absolute atomic E-state index is 0.231. The van der Waals surface area contributed by atoms with Crippen LogP contribution in [0.2, 0.25) is 0 Å². The molecule has 2 aromatic heterocycles. The number of fused-ring (bicyclic) bond motifs is 1. The summed E-state index contributed by atoms with van der Waals surface area (Å²) in [7, 11) is 1.63. The first-order valence-electron chi connectivity index (χ1n) is 9.83. The van der Waals surface area contributed by atoms with Gasteiger partial charge in [0.25, 0.3) is 5.91 Å². The normalized spacial score (nSPS) is 11.2. The summed E-state index contributed by atoms with van der Waals surface area (Å²) < 4.78 is 7.04. The minimum atomic E-state index is -0.231. The highest BCUT2D eigenvalue weighted by atomic mass is 16.5. The maximum Gasteiger partial charge on any atom is 0.255 e. The van der Waals surface area contributed by atoms with Gasteiger partial charge in [0.05, 0.1) is 42.3 Å². The van der Waals surface area contributed by atoms with Gasteiger partial charge in [-0.3, -0.25) is 19.4 Å². The van der Waals surface area contributed by atoms with Crippen LogP contribution in [0.1, 0.15) is 44.5 Å². The van der Waals surface area contributed by atoms with Crippen molar-refractivity contribution in [3.63, 3.8) is 0 Å². The van der Waals surface area contributed by atoms with Gasteiger partial charge in [-0.15, -0.1) is 0 Å². The molecule has 0 fully saturated rings. The van der Waals surface area contributed by atoms with Crippen molar-refractivity contribution in [2.75, 3.05) is 12.4 Å². The standard InChI is InChI=1S/C20H21N5O2.C3H8/c1-13(2)17(14(3)27-4)12-25-11-16(10-23-25)24-20(26)15-5-6-18-19(9-15)22-8-7-21-18;1-3-2/h5-11H,1,12H2,2-4H3,(H,24,26);3H2,1-2H3/b17-14-;. The Morgan fingerprint density at radius 1 is 1.17 bits per heavy atom. The van der Waals surface area contributed by atoms with Gasteiger partial charge in [0.2, 0.25) is 0 Å². The number of hydrogen-bond donors (Lipinski definition) is 1. The average Bonchev–Trinajstić information content (AvgIpc) is 3.18. The van der Waals surface area contributed by atoms with Gasteiger partial charge in [-0.25, -0.2) is 0 Å². The van der Waals surface area contributed by atoms with Crippen molar-refractivity contribution in [1.82, 2.24) is 19.7 Å². The van der Waals surface area contributed by atoms with Crippen molar-refractivity contribution >= 4 is 22.6 Å². The Kier molecular flexibility index (Phi) is 8.29. The molecule has 2 heterocycles. The molecule has 0 saturated carbocycles. The van der Waals surface area contributed by atoms with Crippen LogP contribution in [-0.4, -0.2) is 32.8 Å². The Balaban J connectivity index is 0.00000101. The second-order valence-electron chi connectivity index (χ2n) is 6.87. The van der Waals surface area contributed by atoms with Gasteiger partial charge >= 0.3 is 0 Å². The van der Waals surface area contributed by atoms with Gasteiger partial charge in [-0.2, -0.15) is 5.10 Å². The number of rotatable bonds is 6. The maximum atomic E-state index is 12.5. The molecular weight excluding hydrogens is 378 g/mol. The summed E-state index contributed by atoms with van der Waals surface area (Å²) in [5.74, 6) is 0.562. The SMILES string of the molecule is C=C(C)/C(Cn1cc(NC(=O)c2ccc3nccnc3c2)cn1)=C(/C)OC.CCC. The van der Waals surface area contributed by atoms with E-state index < -0.39 is 0 Å². The maximum absolute atomic E-state index is 12.5. The van der Waals surface area contributed by atoms with E-state index >= 15 is 0 Å². The third-order valence-electron chi connectivity index (χ3n) is 4.19. The highest BCUT2D eigenvalue weighted by Crippen LogP contribution is 2.18. The third kappa shape index (κ3) is 6.01. The number of nitrogens with one attached hydrogen (secondary N) is 1. The Labute approximate surface area is 177 Å². The van der Waals surface area contributed by atoms with Gasteiger partial charge < -0.3 is 10.1 Å². The summed E-state index contributed by atoms with van der Waals surface area (Å²) in [4.78, 5) is 20.9. The number of ether oxygens (including phenoxy) is 1. The summed E-state index contributed by atoms with van der Waals surface area (Å²) in [5.41, 5.74) is 4.41. The van der Waals surface area contributed by atoms with Crippen LogP contribution in [0.5, 0.6) is 0 Å². The van der Waals surface area contributed by atoms with Gasteiger partial charge in [0, 0.05) is 29.7 Å². The van der Waals surface area contributed by atoms with Gasteiger partial charge in [-0.05, 0) is 37.6 Å². The van der Waals surface area contributed by atoms with Crippen molar-refractivity contribution < 1.29 is 9.53 Å². The number of allylic oxidation sites excluding steroid dienone is 3. The van der Waals surface area contributed by atoms with Crippen LogP contribution < -0.4 is 5.32 Å². The van der Waals surface area contributed by atoms with E-state index in [4.69, 9.17) is 4.74 Å². The third-order valence-corrected chi connectivity index (χ3v) is 4.19. The van der Waals surface area contributed by atoms with Crippen molar-refractivity contribution in [1.29, 1.82) is 0 Å². The van der Waals surface area contributed by atoms with Crippen LogP contribution in [0.25, 0.3) is 11.0 Å². The van der Waals surface area contributed by atoms with Crippen molar-refractivity contribution in [3.05, 3.63) is 72.0 Å². The highest BCUT2D eigenvalue weighted by Gasteiger charge is 2.11. The molecule has 0 spiro atoms. The molecule has 158 valence electrons. The first kappa shape index (κ1) is 22.8. The van der Waals surface area contributed by atoms with E-state index in [1.54, 1.807) is 54.8 Å². The lowest BCUT2D eigenvalue weighted by Gasteiger charge is -2.11. The molecular formula is C23H29N5O2. The summed E-state index contributed by atoms with van der Waals surface area (Å²) in [5, 5.41) is 7.15. The molecule has 1 amide bonds. The lowest BCUT2D eigenvalue weighted by atomic mass is 10.1. The van der Waals surface area contributed by atoms with E-state index in [0.29, 0.717) is 23.3 Å². The van der Waals surface area contributed by atoms with Crippen LogP contribution in [0.15, 0.2) is 66.5 Å². The van der Waals surface area contributed by atoms with E-state index in [2.05, 4.69) is 40.8 Å². The Bertz CT molecular complexity index is 1050. The van der Waals surface area contributed by atoms with Crippen molar-refractivity contribution in [2.24, 2.45) is 0 Å². The first-order chi connectivity index (χ1) is 14.4. The molecule has 0 aliphatic carbocycles. The van der Waals surface area contributed by atoms with Gasteiger partial charge in [0.15, 0.2) is 0 Å². The molecule has 0 atom stereocenters. The molecule has 1 N–H and O–H groups in total. The topological polar surface area (TPSA) is 81.9 Å². The molecule has 7 nitrogen and oxygen atoms in total. The number of nitrogens with zero attached hydrogens (tertiary/aromatic N) is 4. The number of amides is 1.